The number of amides is 1. The Morgan fingerprint density at radius 2 is 2.21 bits per heavy atom. The van der Waals surface area contributed by atoms with Crippen molar-refractivity contribution in [3.05, 3.63) is 47.9 Å². The number of aromatic nitrogens is 2. The molecule has 0 aliphatic carbocycles. The van der Waals surface area contributed by atoms with Crippen LogP contribution in [0.1, 0.15) is 5.56 Å². The van der Waals surface area contributed by atoms with Gasteiger partial charge in [0.15, 0.2) is 5.82 Å². The number of hydrogen-bond acceptors (Lipinski definition) is 3. The molecule has 0 radical (unpaired) electrons. The van der Waals surface area contributed by atoms with Crippen molar-refractivity contribution in [2.45, 2.75) is 6.54 Å². The normalized spacial score (nSPS) is 10.4. The van der Waals surface area contributed by atoms with Crippen LogP contribution in [-0.4, -0.2) is 29.4 Å². The molecule has 2 aromatic rings. The second-order valence-electron chi connectivity index (χ2n) is 3.97. The number of carbonyl (C=O) groups excluding carboxylic acids is 1. The van der Waals surface area contributed by atoms with E-state index in [-0.39, 0.29) is 18.3 Å². The first kappa shape index (κ1) is 13.2. The van der Waals surface area contributed by atoms with E-state index in [1.165, 1.54) is 13.2 Å². The van der Waals surface area contributed by atoms with Crippen LogP contribution in [0, 0.1) is 5.82 Å². The summed E-state index contributed by atoms with van der Waals surface area (Å²) in [5.41, 5.74) is 0.542. The first-order valence-corrected chi connectivity index (χ1v) is 5.74. The number of methoxy groups -OCH3 is 1. The molecular formula is C13H14FN3O2. The monoisotopic (exact) mass is 263 g/mol. The minimum atomic E-state index is -0.279. The summed E-state index contributed by atoms with van der Waals surface area (Å²) < 4.78 is 19.7. The number of hydrogen-bond donors (Lipinski definition) is 1. The third-order valence-electron chi connectivity index (χ3n) is 2.47. The number of nitrogens with zero attached hydrogens (tertiary/aromatic N) is 2. The number of nitrogens with one attached hydrogen (secondary N) is 1. The zero-order valence-corrected chi connectivity index (χ0v) is 10.5. The maximum atomic E-state index is 13.5. The molecule has 1 aromatic carbocycles. The topological polar surface area (TPSA) is 56.1 Å². The smallest absolute Gasteiger partial charge is 0.251 e. The third kappa shape index (κ3) is 3.62. The lowest BCUT2D eigenvalue weighted by Gasteiger charge is -2.03. The zero-order chi connectivity index (χ0) is 13.7. The third-order valence-corrected chi connectivity index (χ3v) is 2.47. The maximum absolute atomic E-state index is 13.5. The van der Waals surface area contributed by atoms with Crippen molar-refractivity contribution in [3.8, 4) is 0 Å². The van der Waals surface area contributed by atoms with E-state index >= 15 is 0 Å². The molecule has 0 saturated heterocycles. The highest BCUT2D eigenvalue weighted by molar-refractivity contribution is 5.90. The Morgan fingerprint density at radius 1 is 1.42 bits per heavy atom. The molecule has 19 heavy (non-hydrogen) atoms. The lowest BCUT2D eigenvalue weighted by atomic mass is 10.2. The van der Waals surface area contributed by atoms with Gasteiger partial charge in [0.1, 0.15) is 12.4 Å². The van der Waals surface area contributed by atoms with Crippen molar-refractivity contribution in [2.24, 2.45) is 0 Å². The van der Waals surface area contributed by atoms with Crippen LogP contribution in [0.15, 0.2) is 36.5 Å². The molecule has 1 aromatic heterocycles. The molecule has 0 unspecified atom stereocenters. The van der Waals surface area contributed by atoms with Gasteiger partial charge in [-0.2, -0.15) is 5.10 Å². The molecule has 1 amide bonds. The summed E-state index contributed by atoms with van der Waals surface area (Å²) in [7, 11) is 1.44. The van der Waals surface area contributed by atoms with Crippen LogP contribution in [0.5, 0.6) is 0 Å². The van der Waals surface area contributed by atoms with Crippen LogP contribution in [0.4, 0.5) is 10.2 Å². The van der Waals surface area contributed by atoms with E-state index in [4.69, 9.17) is 4.74 Å². The van der Waals surface area contributed by atoms with Crippen LogP contribution in [0.2, 0.25) is 0 Å². The summed E-state index contributed by atoms with van der Waals surface area (Å²) in [5, 5.41) is 6.71. The molecule has 0 spiro atoms. The van der Waals surface area contributed by atoms with E-state index in [1.807, 2.05) is 0 Å². The van der Waals surface area contributed by atoms with E-state index in [0.29, 0.717) is 17.9 Å². The standard InChI is InChI=1S/C13H14FN3O2/c1-19-9-13(18)15-12-6-7-17(16-12)8-10-4-2-3-5-11(10)14/h2-7H,8-9H2,1H3,(H,15,16,18). The molecule has 2 rings (SSSR count). The second-order valence-corrected chi connectivity index (χ2v) is 3.97. The number of anilines is 1. The summed E-state index contributed by atoms with van der Waals surface area (Å²) in [6, 6.07) is 8.15. The molecule has 0 aliphatic rings. The van der Waals surface area contributed by atoms with Crippen molar-refractivity contribution in [1.82, 2.24) is 9.78 Å². The van der Waals surface area contributed by atoms with Gasteiger partial charge in [0.2, 0.25) is 0 Å². The summed E-state index contributed by atoms with van der Waals surface area (Å²) in [4.78, 5) is 11.3. The summed E-state index contributed by atoms with van der Waals surface area (Å²) in [5.74, 6) is -0.139. The molecule has 5 nitrogen and oxygen atoms in total. The predicted octanol–water partition coefficient (Wildman–Crippen LogP) is 1.66. The Bertz CT molecular complexity index is 569. The minimum Gasteiger partial charge on any atom is -0.375 e. The molecule has 1 heterocycles. The Hall–Kier alpha value is -2.21. The molecule has 100 valence electrons. The Labute approximate surface area is 110 Å². The van der Waals surface area contributed by atoms with Crippen LogP contribution in [-0.2, 0) is 16.1 Å². The average Bonchev–Trinajstić information content (AvgIpc) is 2.80. The first-order valence-electron chi connectivity index (χ1n) is 5.74. The van der Waals surface area contributed by atoms with Crippen molar-refractivity contribution in [2.75, 3.05) is 19.0 Å². The lowest BCUT2D eigenvalue weighted by Crippen LogP contribution is -2.17. The van der Waals surface area contributed by atoms with E-state index in [9.17, 15) is 9.18 Å². The molecule has 0 bridgehead atoms. The highest BCUT2D eigenvalue weighted by Crippen LogP contribution is 2.10. The van der Waals surface area contributed by atoms with Crippen LogP contribution < -0.4 is 5.32 Å². The van der Waals surface area contributed by atoms with E-state index < -0.39 is 0 Å². The van der Waals surface area contributed by atoms with Crippen molar-refractivity contribution >= 4 is 11.7 Å². The fraction of sp³-hybridized carbons (Fsp3) is 0.231. The zero-order valence-electron chi connectivity index (χ0n) is 10.5. The maximum Gasteiger partial charge on any atom is 0.251 e. The van der Waals surface area contributed by atoms with Gasteiger partial charge in [0.25, 0.3) is 5.91 Å². The van der Waals surface area contributed by atoms with Crippen molar-refractivity contribution < 1.29 is 13.9 Å². The molecule has 1 N–H and O–H groups in total. The largest absolute Gasteiger partial charge is 0.375 e. The fourth-order valence-electron chi connectivity index (χ4n) is 1.63. The van der Waals surface area contributed by atoms with Crippen molar-refractivity contribution in [3.63, 3.8) is 0 Å². The molecule has 0 atom stereocenters. The number of carbonyl (C=O) groups is 1. The fourth-order valence-corrected chi connectivity index (χ4v) is 1.63. The Kier molecular flexibility index (Phi) is 4.25. The number of rotatable bonds is 5. The van der Waals surface area contributed by atoms with Crippen LogP contribution in [0.3, 0.4) is 0 Å². The van der Waals surface area contributed by atoms with Crippen molar-refractivity contribution in [1.29, 1.82) is 0 Å². The van der Waals surface area contributed by atoms with E-state index in [2.05, 4.69) is 10.4 Å². The molecule has 6 heteroatoms. The highest BCUT2D eigenvalue weighted by Gasteiger charge is 2.06. The Morgan fingerprint density at radius 3 is 2.95 bits per heavy atom. The van der Waals surface area contributed by atoms with E-state index in [0.717, 1.165) is 0 Å². The minimum absolute atomic E-state index is 0.0276. The highest BCUT2D eigenvalue weighted by atomic mass is 19.1. The van der Waals surface area contributed by atoms with Gasteiger partial charge >= 0.3 is 0 Å². The molecule has 0 fully saturated rings. The quantitative estimate of drug-likeness (QED) is 0.892. The van der Waals surface area contributed by atoms with Gasteiger partial charge in [-0.1, -0.05) is 18.2 Å². The van der Waals surface area contributed by atoms with Gasteiger partial charge in [-0.3, -0.25) is 9.48 Å². The number of benzene rings is 1. The van der Waals surface area contributed by atoms with Gasteiger partial charge in [-0.05, 0) is 6.07 Å². The summed E-state index contributed by atoms with van der Waals surface area (Å²) in [6.07, 6.45) is 1.68. The molecule has 0 saturated carbocycles. The van der Waals surface area contributed by atoms with E-state index in [1.54, 1.807) is 35.1 Å². The summed E-state index contributed by atoms with van der Waals surface area (Å²) >= 11 is 0. The molecular weight excluding hydrogens is 249 g/mol. The van der Waals surface area contributed by atoms with Gasteiger partial charge in [0, 0.05) is 24.9 Å². The average molecular weight is 263 g/mol. The summed E-state index contributed by atoms with van der Waals surface area (Å²) in [6.45, 7) is 0.285. The van der Waals surface area contributed by atoms with Crippen LogP contribution in [0.25, 0.3) is 0 Å². The second kappa shape index (κ2) is 6.10. The lowest BCUT2D eigenvalue weighted by molar-refractivity contribution is -0.119. The van der Waals surface area contributed by atoms with Gasteiger partial charge < -0.3 is 10.1 Å². The molecule has 0 aliphatic heterocycles. The number of ether oxygens (including phenoxy) is 1. The van der Waals surface area contributed by atoms with Crippen LogP contribution >= 0.6 is 0 Å². The van der Waals surface area contributed by atoms with Gasteiger partial charge in [-0.25, -0.2) is 4.39 Å². The predicted molar refractivity (Wildman–Crippen MR) is 68.2 cm³/mol. The SMILES string of the molecule is COCC(=O)Nc1ccn(Cc2ccccc2F)n1. The Balaban J connectivity index is 2.02. The first-order chi connectivity index (χ1) is 9.19. The van der Waals surface area contributed by atoms with Gasteiger partial charge in [0.05, 0.1) is 6.54 Å². The van der Waals surface area contributed by atoms with Gasteiger partial charge in [-0.15, -0.1) is 0 Å². The number of halogens is 1.